The van der Waals surface area contributed by atoms with E-state index in [4.69, 9.17) is 4.74 Å². The quantitative estimate of drug-likeness (QED) is 0.504. The third-order valence-corrected chi connectivity index (χ3v) is 8.85. The summed E-state index contributed by atoms with van der Waals surface area (Å²) in [6.07, 6.45) is 8.47. The van der Waals surface area contributed by atoms with E-state index in [2.05, 4.69) is 22.8 Å². The molecule has 9 nitrogen and oxygen atoms in total. The second-order valence-corrected chi connectivity index (χ2v) is 13.0. The standard InChI is InChI=1S/C32H48N4O5/c1-21(35(5)31(40)41-32(2,3)4)28(37)34-27(23-14-7-6-8-15-23)30(39)36-20-12-19-26(36)29(38)33-25-18-11-16-22-13-9-10-17-24(22)25/h9-10,13,17,21,23,25-27H,6-8,11-12,14-16,18-20H2,1-5H3,(H,33,38)(H,34,37)/t21-,25+,26-,27?/m0/s1. The lowest BCUT2D eigenvalue weighted by Crippen LogP contribution is -2.59. The minimum absolute atomic E-state index is 0.00577. The number of aryl methyl sites for hydroxylation is 1. The molecular formula is C32H48N4O5. The molecule has 1 aromatic carbocycles. The van der Waals surface area contributed by atoms with Gasteiger partial charge in [0.2, 0.25) is 17.7 Å². The number of rotatable bonds is 7. The van der Waals surface area contributed by atoms with Gasteiger partial charge in [0.15, 0.2) is 0 Å². The fourth-order valence-corrected chi connectivity index (χ4v) is 6.44. The monoisotopic (exact) mass is 568 g/mol. The number of ether oxygens (including phenoxy) is 1. The average molecular weight is 569 g/mol. The van der Waals surface area contributed by atoms with E-state index in [1.54, 1.807) is 32.6 Å². The number of benzene rings is 1. The Bertz CT molecular complexity index is 1110. The minimum atomic E-state index is -0.826. The lowest BCUT2D eigenvalue weighted by atomic mass is 9.83. The van der Waals surface area contributed by atoms with Crippen molar-refractivity contribution in [2.75, 3.05) is 13.6 Å². The van der Waals surface area contributed by atoms with Crippen molar-refractivity contribution in [3.05, 3.63) is 35.4 Å². The van der Waals surface area contributed by atoms with E-state index in [-0.39, 0.29) is 23.8 Å². The van der Waals surface area contributed by atoms with Crippen molar-refractivity contribution in [2.24, 2.45) is 5.92 Å². The van der Waals surface area contributed by atoms with Gasteiger partial charge in [0.25, 0.3) is 0 Å². The molecule has 1 saturated carbocycles. The molecule has 1 aromatic rings. The first kappa shape index (κ1) is 30.8. The van der Waals surface area contributed by atoms with E-state index in [0.29, 0.717) is 13.0 Å². The van der Waals surface area contributed by atoms with Gasteiger partial charge in [0, 0.05) is 13.6 Å². The van der Waals surface area contributed by atoms with Crippen molar-refractivity contribution >= 4 is 23.8 Å². The summed E-state index contributed by atoms with van der Waals surface area (Å²) < 4.78 is 5.43. The molecule has 0 radical (unpaired) electrons. The molecule has 3 aliphatic rings. The maximum atomic E-state index is 14.1. The van der Waals surface area contributed by atoms with E-state index in [1.165, 1.54) is 23.1 Å². The summed E-state index contributed by atoms with van der Waals surface area (Å²) in [6.45, 7) is 7.45. The van der Waals surface area contributed by atoms with E-state index < -0.39 is 35.7 Å². The third kappa shape index (κ3) is 7.60. The number of amides is 4. The van der Waals surface area contributed by atoms with Gasteiger partial charge in [0.1, 0.15) is 23.7 Å². The number of likely N-dealkylation sites (N-methyl/N-ethyl adjacent to an activating group) is 1. The molecule has 1 aliphatic heterocycles. The van der Waals surface area contributed by atoms with Crippen molar-refractivity contribution in [1.82, 2.24) is 20.4 Å². The van der Waals surface area contributed by atoms with Gasteiger partial charge < -0.3 is 20.3 Å². The van der Waals surface area contributed by atoms with Crippen molar-refractivity contribution < 1.29 is 23.9 Å². The largest absolute Gasteiger partial charge is 0.444 e. The molecule has 4 amide bonds. The summed E-state index contributed by atoms with van der Waals surface area (Å²) in [7, 11) is 1.53. The van der Waals surface area contributed by atoms with Gasteiger partial charge in [-0.1, -0.05) is 43.5 Å². The normalized spacial score (nSPS) is 22.7. The van der Waals surface area contributed by atoms with Crippen LogP contribution in [0.15, 0.2) is 24.3 Å². The van der Waals surface area contributed by atoms with Gasteiger partial charge in [0.05, 0.1) is 6.04 Å². The summed E-state index contributed by atoms with van der Waals surface area (Å²) in [5, 5.41) is 6.25. The van der Waals surface area contributed by atoms with Gasteiger partial charge in [-0.2, -0.15) is 0 Å². The van der Waals surface area contributed by atoms with Crippen LogP contribution in [0.4, 0.5) is 4.79 Å². The maximum absolute atomic E-state index is 14.1. The summed E-state index contributed by atoms with van der Waals surface area (Å²) in [5.74, 6) is -0.724. The fourth-order valence-electron chi connectivity index (χ4n) is 6.44. The molecule has 0 bridgehead atoms. The van der Waals surface area contributed by atoms with Crippen molar-refractivity contribution in [3.63, 3.8) is 0 Å². The Morgan fingerprint density at radius 2 is 1.68 bits per heavy atom. The van der Waals surface area contributed by atoms with Crippen LogP contribution >= 0.6 is 0 Å². The Morgan fingerprint density at radius 3 is 2.39 bits per heavy atom. The van der Waals surface area contributed by atoms with Crippen LogP contribution < -0.4 is 10.6 Å². The molecule has 1 unspecified atom stereocenters. The molecule has 2 fully saturated rings. The molecule has 2 N–H and O–H groups in total. The average Bonchev–Trinajstić information content (AvgIpc) is 3.45. The molecule has 4 atom stereocenters. The predicted molar refractivity (Wildman–Crippen MR) is 157 cm³/mol. The van der Waals surface area contributed by atoms with E-state index in [1.807, 2.05) is 12.1 Å². The topological polar surface area (TPSA) is 108 Å². The van der Waals surface area contributed by atoms with E-state index in [9.17, 15) is 19.2 Å². The first-order valence-corrected chi connectivity index (χ1v) is 15.4. The second kappa shape index (κ2) is 13.3. The summed E-state index contributed by atoms with van der Waals surface area (Å²) in [5.41, 5.74) is 1.75. The molecule has 0 spiro atoms. The highest BCUT2D eigenvalue weighted by atomic mass is 16.6. The van der Waals surface area contributed by atoms with Gasteiger partial charge in [-0.15, -0.1) is 0 Å². The molecule has 226 valence electrons. The van der Waals surface area contributed by atoms with Gasteiger partial charge >= 0.3 is 6.09 Å². The predicted octanol–water partition coefficient (Wildman–Crippen LogP) is 4.49. The number of hydrogen-bond donors (Lipinski definition) is 2. The number of likely N-dealkylation sites (tertiary alicyclic amines) is 1. The van der Waals surface area contributed by atoms with Crippen molar-refractivity contribution in [2.45, 2.75) is 122 Å². The van der Waals surface area contributed by atoms with Gasteiger partial charge in [-0.3, -0.25) is 19.3 Å². The molecule has 4 rings (SSSR count). The number of nitrogens with zero attached hydrogens (tertiary/aromatic N) is 2. The molecule has 1 saturated heterocycles. The van der Waals surface area contributed by atoms with Gasteiger partial charge in [-0.05, 0) is 89.7 Å². The number of hydrogen-bond acceptors (Lipinski definition) is 5. The zero-order chi connectivity index (χ0) is 29.7. The Hall–Kier alpha value is -3.10. The highest BCUT2D eigenvalue weighted by Crippen LogP contribution is 2.32. The first-order chi connectivity index (χ1) is 19.5. The Kier molecular flexibility index (Phi) is 9.97. The van der Waals surface area contributed by atoms with E-state index in [0.717, 1.165) is 57.8 Å². The number of carbonyl (C=O) groups excluding carboxylic acids is 4. The van der Waals surface area contributed by atoms with Crippen LogP contribution in [0.2, 0.25) is 0 Å². The van der Waals surface area contributed by atoms with Crippen LogP contribution in [0.5, 0.6) is 0 Å². The SMILES string of the molecule is C[C@@H](C(=O)NC(C(=O)N1CCC[C@H]1C(=O)N[C@@H]1CCCc2ccccc21)C1CCCCC1)N(C)C(=O)OC(C)(C)C. The molecule has 2 aliphatic carbocycles. The smallest absolute Gasteiger partial charge is 0.410 e. The Balaban J connectivity index is 1.47. The van der Waals surface area contributed by atoms with Crippen LogP contribution in [0, 0.1) is 5.92 Å². The Morgan fingerprint density at radius 1 is 0.976 bits per heavy atom. The lowest BCUT2D eigenvalue weighted by Gasteiger charge is -2.36. The first-order valence-electron chi connectivity index (χ1n) is 15.4. The second-order valence-electron chi connectivity index (χ2n) is 13.0. The summed E-state index contributed by atoms with van der Waals surface area (Å²) in [4.78, 5) is 56.7. The summed E-state index contributed by atoms with van der Waals surface area (Å²) >= 11 is 0. The maximum Gasteiger partial charge on any atom is 0.410 e. The molecule has 41 heavy (non-hydrogen) atoms. The number of carbonyl (C=O) groups is 4. The van der Waals surface area contributed by atoms with Crippen LogP contribution in [-0.4, -0.2) is 70.9 Å². The minimum Gasteiger partial charge on any atom is -0.444 e. The molecule has 9 heteroatoms. The highest BCUT2D eigenvalue weighted by Gasteiger charge is 2.42. The van der Waals surface area contributed by atoms with Gasteiger partial charge in [-0.25, -0.2) is 4.79 Å². The van der Waals surface area contributed by atoms with Crippen LogP contribution in [0.25, 0.3) is 0 Å². The fraction of sp³-hybridized carbons (Fsp3) is 0.688. The third-order valence-electron chi connectivity index (χ3n) is 8.85. The van der Waals surface area contributed by atoms with Crippen molar-refractivity contribution in [3.8, 4) is 0 Å². The molecular weight excluding hydrogens is 520 g/mol. The van der Waals surface area contributed by atoms with Crippen molar-refractivity contribution in [1.29, 1.82) is 0 Å². The van der Waals surface area contributed by atoms with Crippen LogP contribution in [-0.2, 0) is 25.5 Å². The lowest BCUT2D eigenvalue weighted by molar-refractivity contribution is -0.143. The highest BCUT2D eigenvalue weighted by molar-refractivity contribution is 5.94. The summed E-state index contributed by atoms with van der Waals surface area (Å²) in [6, 6.07) is 6.08. The molecule has 1 heterocycles. The van der Waals surface area contributed by atoms with Crippen LogP contribution in [0.3, 0.4) is 0 Å². The zero-order valence-corrected chi connectivity index (χ0v) is 25.4. The number of nitrogens with one attached hydrogen (secondary N) is 2. The zero-order valence-electron chi connectivity index (χ0n) is 25.4. The Labute approximate surface area is 244 Å². The van der Waals surface area contributed by atoms with Crippen LogP contribution in [0.1, 0.15) is 103 Å². The number of fused-ring (bicyclic) bond motifs is 1. The van der Waals surface area contributed by atoms with E-state index >= 15 is 0 Å². The molecule has 0 aromatic heterocycles.